The maximum Gasteiger partial charge on any atom is 0.274 e. The number of hydrogen-bond donors (Lipinski definition) is 0. The Balaban J connectivity index is 1.77. The van der Waals surface area contributed by atoms with Crippen LogP contribution in [0.2, 0.25) is 0 Å². The number of likely N-dealkylation sites (tertiary alicyclic amines) is 1. The van der Waals surface area contributed by atoms with Crippen molar-refractivity contribution in [2.24, 2.45) is 13.0 Å². The molecular weight excluding hydrogens is 274 g/mol. The van der Waals surface area contributed by atoms with E-state index in [1.54, 1.807) is 0 Å². The fourth-order valence-corrected chi connectivity index (χ4v) is 4.33. The van der Waals surface area contributed by atoms with Gasteiger partial charge in [-0.15, -0.1) is 0 Å². The van der Waals surface area contributed by atoms with Crippen LogP contribution in [0, 0.1) is 5.92 Å². The van der Waals surface area contributed by atoms with Crippen molar-refractivity contribution in [2.75, 3.05) is 6.54 Å². The van der Waals surface area contributed by atoms with E-state index in [9.17, 15) is 4.79 Å². The molecule has 0 aromatic carbocycles. The molecule has 2 aliphatic rings. The van der Waals surface area contributed by atoms with E-state index in [1.807, 2.05) is 17.8 Å². The van der Waals surface area contributed by atoms with Crippen molar-refractivity contribution < 1.29 is 4.79 Å². The summed E-state index contributed by atoms with van der Waals surface area (Å²) in [6.07, 6.45) is 8.97. The zero-order valence-corrected chi connectivity index (χ0v) is 14.2. The summed E-state index contributed by atoms with van der Waals surface area (Å²) in [4.78, 5) is 15.1. The van der Waals surface area contributed by atoms with Gasteiger partial charge in [0.05, 0.1) is 0 Å². The van der Waals surface area contributed by atoms with Crippen molar-refractivity contribution >= 4 is 5.91 Å². The average Bonchev–Trinajstić information content (AvgIpc) is 3.14. The minimum Gasteiger partial charge on any atom is -0.334 e. The van der Waals surface area contributed by atoms with Crippen molar-refractivity contribution in [2.45, 2.75) is 70.8 Å². The lowest BCUT2D eigenvalue weighted by Gasteiger charge is -2.33. The second-order valence-electron chi connectivity index (χ2n) is 7.34. The van der Waals surface area contributed by atoms with Crippen molar-refractivity contribution in [3.05, 3.63) is 17.5 Å². The van der Waals surface area contributed by atoms with E-state index in [4.69, 9.17) is 0 Å². The third kappa shape index (κ3) is 2.92. The molecule has 0 N–H and O–H groups in total. The number of aromatic nitrogens is 2. The third-order valence-electron chi connectivity index (χ3n) is 5.48. The van der Waals surface area contributed by atoms with Gasteiger partial charge < -0.3 is 4.90 Å². The Morgan fingerprint density at radius 2 is 1.91 bits per heavy atom. The minimum atomic E-state index is 0.149. The molecule has 22 heavy (non-hydrogen) atoms. The summed E-state index contributed by atoms with van der Waals surface area (Å²) >= 11 is 0. The minimum absolute atomic E-state index is 0.149. The van der Waals surface area contributed by atoms with Gasteiger partial charge in [-0.1, -0.05) is 33.1 Å². The maximum atomic E-state index is 12.9. The number of aryl methyl sites for hydroxylation is 1. The van der Waals surface area contributed by atoms with Crippen LogP contribution in [0.15, 0.2) is 6.07 Å². The fourth-order valence-electron chi connectivity index (χ4n) is 4.33. The van der Waals surface area contributed by atoms with Crippen molar-refractivity contribution in [3.8, 4) is 0 Å². The van der Waals surface area contributed by atoms with E-state index >= 15 is 0 Å². The summed E-state index contributed by atoms with van der Waals surface area (Å²) in [6.45, 7) is 5.20. The molecule has 1 amide bonds. The molecule has 1 atom stereocenters. The summed E-state index contributed by atoms with van der Waals surface area (Å²) in [5.74, 6) is 1.26. The van der Waals surface area contributed by atoms with E-state index in [2.05, 4.69) is 23.8 Å². The Morgan fingerprint density at radius 3 is 2.55 bits per heavy atom. The van der Waals surface area contributed by atoms with Gasteiger partial charge in [-0.3, -0.25) is 9.48 Å². The SMILES string of the molecule is CC(C)c1cc(C(=O)N2CCC[C@@H]2C2CCCCC2)nn1C. The molecule has 3 rings (SSSR count). The number of hydrogen-bond acceptors (Lipinski definition) is 2. The van der Waals surface area contributed by atoms with Crippen LogP contribution in [0.25, 0.3) is 0 Å². The molecule has 0 spiro atoms. The molecular formula is C18H29N3O. The van der Waals surface area contributed by atoms with Crippen LogP contribution in [0.3, 0.4) is 0 Å². The lowest BCUT2D eigenvalue weighted by molar-refractivity contribution is 0.0655. The first-order valence-electron chi connectivity index (χ1n) is 8.93. The number of carbonyl (C=O) groups excluding carboxylic acids is 1. The highest BCUT2D eigenvalue weighted by Crippen LogP contribution is 2.35. The first-order chi connectivity index (χ1) is 10.6. The van der Waals surface area contributed by atoms with Gasteiger partial charge in [0, 0.05) is 25.3 Å². The topological polar surface area (TPSA) is 38.1 Å². The molecule has 1 aromatic rings. The van der Waals surface area contributed by atoms with E-state index in [-0.39, 0.29) is 5.91 Å². The van der Waals surface area contributed by atoms with Gasteiger partial charge in [-0.05, 0) is 43.6 Å². The van der Waals surface area contributed by atoms with Crippen molar-refractivity contribution in [1.29, 1.82) is 0 Å². The number of amides is 1. The normalized spacial score (nSPS) is 23.5. The Bertz CT molecular complexity index is 528. The highest BCUT2D eigenvalue weighted by atomic mass is 16.2. The Kier molecular flexibility index (Phi) is 4.55. The first-order valence-corrected chi connectivity index (χ1v) is 8.93. The van der Waals surface area contributed by atoms with Crippen LogP contribution in [-0.4, -0.2) is 33.2 Å². The third-order valence-corrected chi connectivity index (χ3v) is 5.48. The van der Waals surface area contributed by atoms with Gasteiger partial charge in [-0.2, -0.15) is 5.10 Å². The summed E-state index contributed by atoms with van der Waals surface area (Å²) < 4.78 is 1.86. The Hall–Kier alpha value is -1.32. The molecule has 2 fully saturated rings. The average molecular weight is 303 g/mol. The van der Waals surface area contributed by atoms with Gasteiger partial charge in [0.1, 0.15) is 0 Å². The highest BCUT2D eigenvalue weighted by molar-refractivity contribution is 5.92. The molecule has 4 heteroatoms. The van der Waals surface area contributed by atoms with Crippen LogP contribution in [0.4, 0.5) is 0 Å². The lowest BCUT2D eigenvalue weighted by Crippen LogP contribution is -2.41. The van der Waals surface area contributed by atoms with E-state index in [0.717, 1.165) is 18.7 Å². The zero-order chi connectivity index (χ0) is 15.7. The van der Waals surface area contributed by atoms with Gasteiger partial charge in [0.25, 0.3) is 5.91 Å². The molecule has 122 valence electrons. The standard InChI is InChI=1S/C18H29N3O/c1-13(2)17-12-15(19-20(17)3)18(22)21-11-7-10-16(21)14-8-5-4-6-9-14/h12-14,16H,4-11H2,1-3H3/t16-/m1/s1. The molecule has 1 aliphatic carbocycles. The Morgan fingerprint density at radius 1 is 1.18 bits per heavy atom. The van der Waals surface area contributed by atoms with Gasteiger partial charge in [-0.25, -0.2) is 0 Å². The van der Waals surface area contributed by atoms with Crippen LogP contribution in [0.5, 0.6) is 0 Å². The van der Waals surface area contributed by atoms with Gasteiger partial charge in [0.15, 0.2) is 5.69 Å². The molecule has 4 nitrogen and oxygen atoms in total. The zero-order valence-electron chi connectivity index (χ0n) is 14.2. The maximum absolute atomic E-state index is 12.9. The molecule has 0 radical (unpaired) electrons. The fraction of sp³-hybridized carbons (Fsp3) is 0.778. The highest BCUT2D eigenvalue weighted by Gasteiger charge is 2.36. The first kappa shape index (κ1) is 15.6. The molecule has 2 heterocycles. The molecule has 0 unspecified atom stereocenters. The van der Waals surface area contributed by atoms with E-state index in [0.29, 0.717) is 23.6 Å². The number of rotatable bonds is 3. The molecule has 1 saturated carbocycles. The second-order valence-corrected chi connectivity index (χ2v) is 7.34. The molecule has 1 saturated heterocycles. The monoisotopic (exact) mass is 303 g/mol. The number of carbonyl (C=O) groups is 1. The number of nitrogens with zero attached hydrogens (tertiary/aromatic N) is 3. The lowest BCUT2D eigenvalue weighted by atomic mass is 9.83. The van der Waals surface area contributed by atoms with Crippen molar-refractivity contribution in [3.63, 3.8) is 0 Å². The van der Waals surface area contributed by atoms with E-state index < -0.39 is 0 Å². The van der Waals surface area contributed by atoms with E-state index in [1.165, 1.54) is 38.5 Å². The summed E-state index contributed by atoms with van der Waals surface area (Å²) in [6, 6.07) is 2.45. The molecule has 0 bridgehead atoms. The predicted molar refractivity (Wildman–Crippen MR) is 87.9 cm³/mol. The smallest absolute Gasteiger partial charge is 0.274 e. The second kappa shape index (κ2) is 6.43. The van der Waals surface area contributed by atoms with Crippen LogP contribution < -0.4 is 0 Å². The quantitative estimate of drug-likeness (QED) is 0.853. The summed E-state index contributed by atoms with van der Waals surface area (Å²) in [5.41, 5.74) is 1.77. The van der Waals surface area contributed by atoms with Crippen molar-refractivity contribution in [1.82, 2.24) is 14.7 Å². The summed E-state index contributed by atoms with van der Waals surface area (Å²) in [7, 11) is 1.94. The Labute approximate surface area is 133 Å². The largest absolute Gasteiger partial charge is 0.334 e. The van der Waals surface area contributed by atoms with Gasteiger partial charge >= 0.3 is 0 Å². The van der Waals surface area contributed by atoms with Crippen LogP contribution >= 0.6 is 0 Å². The molecule has 1 aliphatic heterocycles. The van der Waals surface area contributed by atoms with Crippen LogP contribution in [0.1, 0.15) is 80.9 Å². The molecule has 1 aromatic heterocycles. The summed E-state index contributed by atoms with van der Waals surface area (Å²) in [5, 5.41) is 4.48. The van der Waals surface area contributed by atoms with Crippen LogP contribution in [-0.2, 0) is 7.05 Å². The van der Waals surface area contributed by atoms with Gasteiger partial charge in [0.2, 0.25) is 0 Å². The predicted octanol–water partition coefficient (Wildman–Crippen LogP) is 3.73.